The minimum atomic E-state index is -4.12. The van der Waals surface area contributed by atoms with Gasteiger partial charge in [0.1, 0.15) is 0 Å². The Labute approximate surface area is 75.6 Å². The Morgan fingerprint density at radius 2 is 1.69 bits per heavy atom. The Kier molecular flexibility index (Phi) is 6.93. The summed E-state index contributed by atoms with van der Waals surface area (Å²) < 4.78 is 39.5. The highest BCUT2D eigenvalue weighted by molar-refractivity contribution is 4.57. The highest BCUT2D eigenvalue weighted by atomic mass is 19.4. The molecule has 0 aliphatic heterocycles. The van der Waals surface area contributed by atoms with E-state index in [2.05, 4.69) is 10.6 Å². The van der Waals surface area contributed by atoms with Crippen LogP contribution in [0.25, 0.3) is 0 Å². The second-order valence-electron chi connectivity index (χ2n) is 2.53. The van der Waals surface area contributed by atoms with Crippen molar-refractivity contribution in [2.45, 2.75) is 6.18 Å². The van der Waals surface area contributed by atoms with Gasteiger partial charge in [-0.05, 0) is 0 Å². The average molecular weight is 200 g/mol. The van der Waals surface area contributed by atoms with Crippen LogP contribution >= 0.6 is 0 Å². The first-order valence-corrected chi connectivity index (χ1v) is 4.03. The molecule has 2 N–H and O–H groups in total. The smallest absolute Gasteiger partial charge is 0.383 e. The molecule has 80 valence electrons. The number of hydrogen-bond acceptors (Lipinski definition) is 3. The summed E-state index contributed by atoms with van der Waals surface area (Å²) in [6, 6.07) is 0. The topological polar surface area (TPSA) is 33.3 Å². The SMILES string of the molecule is COCCNCCNCC(F)(F)F. The van der Waals surface area contributed by atoms with Crippen LogP contribution in [0, 0.1) is 0 Å². The Morgan fingerprint density at radius 1 is 1.08 bits per heavy atom. The third kappa shape index (κ3) is 11.7. The van der Waals surface area contributed by atoms with Gasteiger partial charge in [0.2, 0.25) is 0 Å². The molecule has 0 amide bonds. The minimum absolute atomic E-state index is 0.309. The minimum Gasteiger partial charge on any atom is -0.383 e. The largest absolute Gasteiger partial charge is 0.401 e. The zero-order valence-electron chi connectivity index (χ0n) is 7.58. The van der Waals surface area contributed by atoms with Crippen LogP contribution in [-0.2, 0) is 4.74 Å². The highest BCUT2D eigenvalue weighted by Crippen LogP contribution is 2.11. The fourth-order valence-corrected chi connectivity index (χ4v) is 0.706. The van der Waals surface area contributed by atoms with Gasteiger partial charge in [0.25, 0.3) is 0 Å². The molecule has 0 saturated carbocycles. The molecule has 0 fully saturated rings. The summed E-state index contributed by atoms with van der Waals surface area (Å²) in [4.78, 5) is 0. The quantitative estimate of drug-likeness (QED) is 0.583. The van der Waals surface area contributed by atoms with E-state index in [9.17, 15) is 13.2 Å². The molecule has 0 aromatic heterocycles. The molecule has 0 aliphatic rings. The maximum absolute atomic E-state index is 11.6. The van der Waals surface area contributed by atoms with Crippen LogP contribution in [-0.4, -0.2) is 46.1 Å². The van der Waals surface area contributed by atoms with Crippen molar-refractivity contribution in [2.24, 2.45) is 0 Å². The van der Waals surface area contributed by atoms with Crippen molar-refractivity contribution in [3.05, 3.63) is 0 Å². The molecule has 0 aromatic rings. The lowest BCUT2D eigenvalue weighted by atomic mass is 10.5. The number of halogens is 3. The van der Waals surface area contributed by atoms with Crippen molar-refractivity contribution in [3.8, 4) is 0 Å². The number of alkyl halides is 3. The molecular weight excluding hydrogens is 185 g/mol. The lowest BCUT2D eigenvalue weighted by Gasteiger charge is -2.08. The fourth-order valence-electron chi connectivity index (χ4n) is 0.706. The van der Waals surface area contributed by atoms with Crippen molar-refractivity contribution < 1.29 is 17.9 Å². The standard InChI is InChI=1S/C7H15F3N2O/c1-13-5-4-11-2-3-12-6-7(8,9)10/h11-12H,2-6H2,1H3. The molecule has 3 nitrogen and oxygen atoms in total. The molecule has 0 radical (unpaired) electrons. The van der Waals surface area contributed by atoms with E-state index in [1.54, 1.807) is 7.11 Å². The van der Waals surface area contributed by atoms with Gasteiger partial charge in [-0.15, -0.1) is 0 Å². The number of hydrogen-bond donors (Lipinski definition) is 2. The Hall–Kier alpha value is -0.330. The van der Waals surface area contributed by atoms with Crippen molar-refractivity contribution in [2.75, 3.05) is 39.9 Å². The molecule has 0 aromatic carbocycles. The molecule has 6 heteroatoms. The van der Waals surface area contributed by atoms with Crippen LogP contribution in [0.3, 0.4) is 0 Å². The predicted molar refractivity (Wildman–Crippen MR) is 43.7 cm³/mol. The molecule has 0 atom stereocenters. The van der Waals surface area contributed by atoms with Gasteiger partial charge in [-0.3, -0.25) is 0 Å². The van der Waals surface area contributed by atoms with Crippen molar-refractivity contribution in [3.63, 3.8) is 0 Å². The fraction of sp³-hybridized carbons (Fsp3) is 1.00. The summed E-state index contributed by atoms with van der Waals surface area (Å²) >= 11 is 0. The van der Waals surface area contributed by atoms with E-state index in [0.29, 0.717) is 26.2 Å². The van der Waals surface area contributed by atoms with E-state index in [1.165, 1.54) is 0 Å². The maximum Gasteiger partial charge on any atom is 0.401 e. The summed E-state index contributed by atoms with van der Waals surface area (Å²) in [5, 5.41) is 5.19. The zero-order valence-corrected chi connectivity index (χ0v) is 7.58. The van der Waals surface area contributed by atoms with Crippen LogP contribution in [0.5, 0.6) is 0 Å². The van der Waals surface area contributed by atoms with E-state index in [4.69, 9.17) is 4.74 Å². The number of ether oxygens (including phenoxy) is 1. The normalized spacial score (nSPS) is 12.0. The van der Waals surface area contributed by atoms with Crippen molar-refractivity contribution >= 4 is 0 Å². The lowest BCUT2D eigenvalue weighted by Crippen LogP contribution is -2.35. The Morgan fingerprint density at radius 3 is 2.23 bits per heavy atom. The molecule has 0 saturated heterocycles. The average Bonchev–Trinajstić information content (AvgIpc) is 2.01. The second kappa shape index (κ2) is 7.11. The van der Waals surface area contributed by atoms with Crippen LogP contribution in [0.4, 0.5) is 13.2 Å². The van der Waals surface area contributed by atoms with Crippen LogP contribution < -0.4 is 10.6 Å². The number of methoxy groups -OCH3 is 1. The summed E-state index contributed by atoms with van der Waals surface area (Å²) in [6.45, 7) is 1.12. The van der Waals surface area contributed by atoms with E-state index in [0.717, 1.165) is 0 Å². The van der Waals surface area contributed by atoms with Crippen molar-refractivity contribution in [1.82, 2.24) is 10.6 Å². The summed E-state index contributed by atoms with van der Waals surface area (Å²) in [6.07, 6.45) is -4.12. The van der Waals surface area contributed by atoms with E-state index < -0.39 is 12.7 Å². The third-order valence-corrected chi connectivity index (χ3v) is 1.29. The molecule has 0 aliphatic carbocycles. The Bertz CT molecular complexity index is 119. The predicted octanol–water partition coefficient (Wildman–Crippen LogP) is 0.374. The summed E-state index contributed by atoms with van der Waals surface area (Å²) in [7, 11) is 1.57. The first-order chi connectivity index (χ1) is 6.06. The van der Waals surface area contributed by atoms with Gasteiger partial charge in [0, 0.05) is 26.7 Å². The van der Waals surface area contributed by atoms with Gasteiger partial charge in [0.05, 0.1) is 13.2 Å². The van der Waals surface area contributed by atoms with Gasteiger partial charge in [-0.25, -0.2) is 0 Å². The zero-order chi connectivity index (χ0) is 10.2. The van der Waals surface area contributed by atoms with E-state index >= 15 is 0 Å². The third-order valence-electron chi connectivity index (χ3n) is 1.29. The van der Waals surface area contributed by atoms with Crippen LogP contribution in [0.15, 0.2) is 0 Å². The maximum atomic E-state index is 11.6. The molecule has 0 spiro atoms. The van der Waals surface area contributed by atoms with E-state index in [1.807, 2.05) is 0 Å². The van der Waals surface area contributed by atoms with Gasteiger partial charge in [0.15, 0.2) is 0 Å². The van der Waals surface area contributed by atoms with Gasteiger partial charge >= 0.3 is 6.18 Å². The van der Waals surface area contributed by atoms with Crippen LogP contribution in [0.2, 0.25) is 0 Å². The van der Waals surface area contributed by atoms with E-state index in [-0.39, 0.29) is 0 Å². The lowest BCUT2D eigenvalue weighted by molar-refractivity contribution is -0.124. The molecular formula is C7H15F3N2O. The number of nitrogens with one attached hydrogen (secondary N) is 2. The van der Waals surface area contributed by atoms with Crippen molar-refractivity contribution in [1.29, 1.82) is 0 Å². The van der Waals surface area contributed by atoms with Crippen LogP contribution in [0.1, 0.15) is 0 Å². The monoisotopic (exact) mass is 200 g/mol. The number of rotatable bonds is 7. The summed E-state index contributed by atoms with van der Waals surface area (Å²) in [5.41, 5.74) is 0. The molecule has 0 heterocycles. The van der Waals surface area contributed by atoms with Gasteiger partial charge in [-0.1, -0.05) is 0 Å². The second-order valence-corrected chi connectivity index (χ2v) is 2.53. The first-order valence-electron chi connectivity index (χ1n) is 4.03. The molecule has 13 heavy (non-hydrogen) atoms. The summed E-state index contributed by atoms with van der Waals surface area (Å²) in [5.74, 6) is 0. The van der Waals surface area contributed by atoms with Gasteiger partial charge in [-0.2, -0.15) is 13.2 Å². The first kappa shape index (κ1) is 12.7. The molecule has 0 unspecified atom stereocenters. The Balaban J connectivity index is 3.00. The highest BCUT2D eigenvalue weighted by Gasteiger charge is 2.25. The molecule has 0 rings (SSSR count). The van der Waals surface area contributed by atoms with Gasteiger partial charge < -0.3 is 15.4 Å². The molecule has 0 bridgehead atoms.